The van der Waals surface area contributed by atoms with Crippen molar-refractivity contribution < 1.29 is 5.21 Å². The van der Waals surface area contributed by atoms with Gasteiger partial charge in [-0.2, -0.15) is 4.73 Å². The zero-order chi connectivity index (χ0) is 5.28. The van der Waals surface area contributed by atoms with Crippen LogP contribution in [-0.4, -0.2) is 14.9 Å². The van der Waals surface area contributed by atoms with E-state index in [4.69, 9.17) is 5.21 Å². The third-order valence-corrected chi connectivity index (χ3v) is 0.799. The molecule has 0 radical (unpaired) electrons. The van der Waals surface area contributed by atoms with Gasteiger partial charge >= 0.3 is 0 Å². The lowest BCUT2D eigenvalue weighted by molar-refractivity contribution is 0.179. The summed E-state index contributed by atoms with van der Waals surface area (Å²) in [5, 5.41) is 8.61. The van der Waals surface area contributed by atoms with E-state index in [2.05, 4.69) is 4.98 Å². The minimum absolute atomic E-state index is 0.750. The van der Waals surface area contributed by atoms with Crippen molar-refractivity contribution in [1.29, 1.82) is 0 Å². The zero-order valence-electron chi connectivity index (χ0n) is 4.00. The van der Waals surface area contributed by atoms with Crippen LogP contribution in [0.2, 0.25) is 0 Å². The molecule has 0 aliphatic carbocycles. The summed E-state index contributed by atoms with van der Waals surface area (Å²) in [6.07, 6.45) is 2.93. The lowest BCUT2D eigenvalue weighted by atomic mass is 10.6. The Bertz CT molecular complexity index is 142. The zero-order valence-corrected chi connectivity index (χ0v) is 4.00. The van der Waals surface area contributed by atoms with Crippen LogP contribution in [0.1, 0.15) is 5.69 Å². The van der Waals surface area contributed by atoms with Gasteiger partial charge in [-0.05, 0) is 6.92 Å². The summed E-state index contributed by atoms with van der Waals surface area (Å²) >= 11 is 0. The topological polar surface area (TPSA) is 38.0 Å². The number of hydrogen-bond acceptors (Lipinski definition) is 2. The van der Waals surface area contributed by atoms with Gasteiger partial charge in [0.1, 0.15) is 6.33 Å². The van der Waals surface area contributed by atoms with Crippen LogP contribution in [0.5, 0.6) is 0 Å². The Labute approximate surface area is 41.2 Å². The van der Waals surface area contributed by atoms with Gasteiger partial charge < -0.3 is 5.21 Å². The smallest absolute Gasteiger partial charge is 0.131 e. The number of rotatable bonds is 0. The second-order valence-corrected chi connectivity index (χ2v) is 1.38. The van der Waals surface area contributed by atoms with Crippen molar-refractivity contribution in [3.63, 3.8) is 0 Å². The fourth-order valence-electron chi connectivity index (χ4n) is 0.355. The predicted molar refractivity (Wildman–Crippen MR) is 24.1 cm³/mol. The lowest BCUT2D eigenvalue weighted by Crippen LogP contribution is -1.87. The molecule has 0 saturated heterocycles. The van der Waals surface area contributed by atoms with Crippen LogP contribution < -0.4 is 0 Å². The van der Waals surface area contributed by atoms with E-state index in [9.17, 15) is 0 Å². The third kappa shape index (κ3) is 0.559. The van der Waals surface area contributed by atoms with E-state index < -0.39 is 0 Å². The molecule has 3 nitrogen and oxygen atoms in total. The first kappa shape index (κ1) is 4.18. The monoisotopic (exact) mass is 98.0 g/mol. The van der Waals surface area contributed by atoms with Crippen molar-refractivity contribution in [2.24, 2.45) is 0 Å². The fraction of sp³-hybridized carbons (Fsp3) is 0.250. The highest BCUT2D eigenvalue weighted by molar-refractivity contribution is 4.90. The molecule has 3 heteroatoms. The normalized spacial score (nSPS) is 9.29. The van der Waals surface area contributed by atoms with Gasteiger partial charge in [-0.15, -0.1) is 0 Å². The molecule has 0 saturated carbocycles. The average molecular weight is 98.1 g/mol. The van der Waals surface area contributed by atoms with E-state index in [1.54, 1.807) is 13.1 Å². The van der Waals surface area contributed by atoms with Crippen molar-refractivity contribution in [1.82, 2.24) is 9.71 Å². The van der Waals surface area contributed by atoms with Crippen molar-refractivity contribution in [2.45, 2.75) is 6.92 Å². The molecule has 0 fully saturated rings. The SMILES string of the molecule is Cc1cncn1O. The first-order chi connectivity index (χ1) is 3.30. The summed E-state index contributed by atoms with van der Waals surface area (Å²) in [6, 6.07) is 0. The average Bonchev–Trinajstić information content (AvgIpc) is 1.91. The molecule has 1 rings (SSSR count). The number of aromatic nitrogens is 2. The van der Waals surface area contributed by atoms with Crippen LogP contribution in [-0.2, 0) is 0 Å². The van der Waals surface area contributed by atoms with Crippen LogP contribution in [0.25, 0.3) is 0 Å². The highest BCUT2D eigenvalue weighted by Crippen LogP contribution is 1.88. The van der Waals surface area contributed by atoms with Crippen molar-refractivity contribution >= 4 is 0 Å². The van der Waals surface area contributed by atoms with E-state index in [-0.39, 0.29) is 0 Å². The molecule has 1 heterocycles. The highest BCUT2D eigenvalue weighted by Gasteiger charge is 1.86. The summed E-state index contributed by atoms with van der Waals surface area (Å²) in [5.41, 5.74) is 0.750. The molecule has 0 bridgehead atoms. The van der Waals surface area contributed by atoms with E-state index in [0.717, 1.165) is 10.4 Å². The highest BCUT2D eigenvalue weighted by atomic mass is 16.5. The van der Waals surface area contributed by atoms with E-state index >= 15 is 0 Å². The number of nitrogens with zero attached hydrogens (tertiary/aromatic N) is 2. The van der Waals surface area contributed by atoms with E-state index in [1.165, 1.54) is 6.33 Å². The van der Waals surface area contributed by atoms with Gasteiger partial charge in [-0.25, -0.2) is 4.98 Å². The van der Waals surface area contributed by atoms with Gasteiger partial charge in [0.2, 0.25) is 0 Å². The quantitative estimate of drug-likeness (QED) is 0.478. The third-order valence-electron chi connectivity index (χ3n) is 0.799. The summed E-state index contributed by atoms with van der Waals surface area (Å²) in [6.45, 7) is 1.77. The first-order valence-electron chi connectivity index (χ1n) is 1.99. The van der Waals surface area contributed by atoms with Crippen molar-refractivity contribution in [2.75, 3.05) is 0 Å². The van der Waals surface area contributed by atoms with Gasteiger partial charge in [0.25, 0.3) is 0 Å². The van der Waals surface area contributed by atoms with Gasteiger partial charge in [-0.3, -0.25) is 0 Å². The molecule has 1 aromatic rings. The van der Waals surface area contributed by atoms with Crippen LogP contribution in [0.15, 0.2) is 12.5 Å². The van der Waals surface area contributed by atoms with Gasteiger partial charge in [0.15, 0.2) is 0 Å². The predicted octanol–water partition coefficient (Wildman–Crippen LogP) is 0.429. The standard InChI is InChI=1S/C4H6N2O/c1-4-2-5-3-6(4)7/h2-3,7H,1H3. The minimum atomic E-state index is 0.750. The van der Waals surface area contributed by atoms with Crippen molar-refractivity contribution in [3.8, 4) is 0 Å². The molecule has 0 aliphatic heterocycles. The lowest BCUT2D eigenvalue weighted by Gasteiger charge is -1.86. The van der Waals surface area contributed by atoms with Crippen LogP contribution >= 0.6 is 0 Å². The second kappa shape index (κ2) is 1.26. The number of hydrogen-bond donors (Lipinski definition) is 1. The van der Waals surface area contributed by atoms with E-state index in [0.29, 0.717) is 0 Å². The number of aryl methyl sites for hydroxylation is 1. The van der Waals surface area contributed by atoms with Gasteiger partial charge in [0, 0.05) is 0 Å². The van der Waals surface area contributed by atoms with Gasteiger partial charge in [-0.1, -0.05) is 0 Å². The van der Waals surface area contributed by atoms with Gasteiger partial charge in [0.05, 0.1) is 11.9 Å². The molecule has 0 amide bonds. The molecule has 0 spiro atoms. The Morgan fingerprint density at radius 3 is 2.71 bits per heavy atom. The largest absolute Gasteiger partial charge is 0.427 e. The molecule has 1 aromatic heterocycles. The van der Waals surface area contributed by atoms with E-state index in [1.807, 2.05) is 0 Å². The Kier molecular flexibility index (Phi) is 0.749. The molecular weight excluding hydrogens is 92.1 g/mol. The maximum absolute atomic E-state index is 8.61. The summed E-state index contributed by atoms with van der Waals surface area (Å²) in [7, 11) is 0. The van der Waals surface area contributed by atoms with Crippen molar-refractivity contribution in [3.05, 3.63) is 18.2 Å². The Morgan fingerprint density at radius 1 is 1.86 bits per heavy atom. The second-order valence-electron chi connectivity index (χ2n) is 1.38. The first-order valence-corrected chi connectivity index (χ1v) is 1.99. The molecule has 0 aromatic carbocycles. The molecular formula is C4H6N2O. The maximum atomic E-state index is 8.61. The number of imidazole rings is 1. The van der Waals surface area contributed by atoms with Crippen LogP contribution in [0.4, 0.5) is 0 Å². The molecule has 0 aliphatic rings. The Hall–Kier alpha value is -0.990. The summed E-state index contributed by atoms with van der Waals surface area (Å²) < 4.78 is 0.972. The van der Waals surface area contributed by atoms with Crippen LogP contribution in [0.3, 0.4) is 0 Å². The summed E-state index contributed by atoms with van der Waals surface area (Å²) in [5.74, 6) is 0. The molecule has 1 N–H and O–H groups in total. The van der Waals surface area contributed by atoms with Crippen LogP contribution in [0, 0.1) is 6.92 Å². The molecule has 38 valence electrons. The minimum Gasteiger partial charge on any atom is -0.427 e. The fourth-order valence-corrected chi connectivity index (χ4v) is 0.355. The summed E-state index contributed by atoms with van der Waals surface area (Å²) in [4.78, 5) is 3.63. The Balaban J connectivity index is 3.12. The molecule has 7 heavy (non-hydrogen) atoms. The molecule has 0 atom stereocenters. The molecule has 0 unspecified atom stereocenters. The maximum Gasteiger partial charge on any atom is 0.131 e. The Morgan fingerprint density at radius 2 is 2.57 bits per heavy atom.